The molecule has 0 bridgehead atoms. The molecule has 0 unspecified atom stereocenters. The van der Waals surface area contributed by atoms with Crippen LogP contribution in [0.5, 0.6) is 0 Å². The first-order chi connectivity index (χ1) is 14.3. The second kappa shape index (κ2) is 7.16. The van der Waals surface area contributed by atoms with Gasteiger partial charge in [0.1, 0.15) is 5.69 Å². The van der Waals surface area contributed by atoms with Crippen LogP contribution in [-0.4, -0.2) is 56.6 Å². The van der Waals surface area contributed by atoms with E-state index in [0.29, 0.717) is 36.8 Å². The Hall–Kier alpha value is -3.36. The van der Waals surface area contributed by atoms with Gasteiger partial charge in [-0.25, -0.2) is 9.78 Å². The van der Waals surface area contributed by atoms with E-state index in [0.717, 1.165) is 22.3 Å². The van der Waals surface area contributed by atoms with Gasteiger partial charge in [0.25, 0.3) is 0 Å². The van der Waals surface area contributed by atoms with Crippen LogP contribution in [0, 0.1) is 0 Å². The van der Waals surface area contributed by atoms with Gasteiger partial charge in [-0.3, -0.25) is 9.89 Å². The van der Waals surface area contributed by atoms with E-state index in [2.05, 4.69) is 20.5 Å². The average Bonchev–Trinajstić information content (AvgIpc) is 3.38. The Morgan fingerprint density at radius 2 is 1.97 bits per heavy atom. The Balaban J connectivity index is 1.73. The molecule has 1 aliphatic heterocycles. The molecular formula is C21H27N7O2. The van der Waals surface area contributed by atoms with Crippen LogP contribution in [0.1, 0.15) is 40.2 Å². The summed E-state index contributed by atoms with van der Waals surface area (Å²) < 4.78 is 0. The maximum absolute atomic E-state index is 12.8. The number of carbonyl (C=O) groups excluding carboxylic acids is 2. The second-order valence-corrected chi connectivity index (χ2v) is 7.91. The van der Waals surface area contributed by atoms with Gasteiger partial charge in [-0.15, -0.1) is 0 Å². The largest absolute Gasteiger partial charge is 0.337 e. The van der Waals surface area contributed by atoms with Crippen LogP contribution in [-0.2, 0) is 10.2 Å². The van der Waals surface area contributed by atoms with E-state index >= 15 is 0 Å². The number of aromatic amines is 2. The van der Waals surface area contributed by atoms with Crippen molar-refractivity contribution in [2.45, 2.75) is 40.0 Å². The average molecular weight is 409 g/mol. The molecule has 3 aromatic rings. The number of nitrogens with zero attached hydrogens (tertiary/aromatic N) is 4. The molecule has 0 aliphatic carbocycles. The van der Waals surface area contributed by atoms with Crippen molar-refractivity contribution in [2.75, 3.05) is 29.9 Å². The van der Waals surface area contributed by atoms with Crippen molar-refractivity contribution in [3.63, 3.8) is 0 Å². The molecule has 3 heterocycles. The lowest BCUT2D eigenvalue weighted by Gasteiger charge is -2.18. The Labute approximate surface area is 174 Å². The molecule has 3 amide bonds. The second-order valence-electron chi connectivity index (χ2n) is 7.91. The van der Waals surface area contributed by atoms with Crippen molar-refractivity contribution in [1.82, 2.24) is 25.1 Å². The van der Waals surface area contributed by atoms with Crippen LogP contribution in [0.3, 0.4) is 0 Å². The number of benzene rings is 1. The molecule has 9 nitrogen and oxygen atoms in total. The smallest absolute Gasteiger partial charge is 0.321 e. The summed E-state index contributed by atoms with van der Waals surface area (Å²) in [7, 11) is 0. The third-order valence-corrected chi connectivity index (χ3v) is 5.83. The number of nitrogens with one attached hydrogen (secondary N) is 3. The van der Waals surface area contributed by atoms with Crippen molar-refractivity contribution in [2.24, 2.45) is 0 Å². The van der Waals surface area contributed by atoms with Crippen LogP contribution in [0.2, 0.25) is 0 Å². The van der Waals surface area contributed by atoms with E-state index in [9.17, 15) is 9.59 Å². The number of amides is 3. The molecule has 0 spiro atoms. The van der Waals surface area contributed by atoms with E-state index < -0.39 is 5.41 Å². The SMILES string of the molecule is CCN(CC)C(=O)Nc1cn[nH]c1-c1nc2cc3c(cc2[nH]1)C(C)(C)C(=O)N3CC. The van der Waals surface area contributed by atoms with Gasteiger partial charge in [0.05, 0.1) is 34.0 Å². The molecule has 0 radical (unpaired) electrons. The number of imidazole rings is 1. The van der Waals surface area contributed by atoms with E-state index in [-0.39, 0.29) is 11.9 Å². The minimum Gasteiger partial charge on any atom is -0.337 e. The minimum atomic E-state index is -0.582. The van der Waals surface area contributed by atoms with Crippen molar-refractivity contribution >= 4 is 34.3 Å². The van der Waals surface area contributed by atoms with Gasteiger partial charge in [0, 0.05) is 19.6 Å². The monoisotopic (exact) mass is 409 g/mol. The fourth-order valence-electron chi connectivity index (χ4n) is 4.03. The minimum absolute atomic E-state index is 0.0999. The molecule has 1 aliphatic rings. The van der Waals surface area contributed by atoms with Gasteiger partial charge >= 0.3 is 6.03 Å². The number of likely N-dealkylation sites (N-methyl/N-ethyl adjacent to an activating group) is 1. The fraction of sp³-hybridized carbons (Fsp3) is 0.429. The van der Waals surface area contributed by atoms with Crippen molar-refractivity contribution in [3.8, 4) is 11.5 Å². The van der Waals surface area contributed by atoms with Gasteiger partial charge in [0.15, 0.2) is 5.82 Å². The lowest BCUT2D eigenvalue weighted by atomic mass is 9.86. The first kappa shape index (κ1) is 19.9. The highest BCUT2D eigenvalue weighted by Crippen LogP contribution is 2.43. The highest BCUT2D eigenvalue weighted by atomic mass is 16.2. The summed E-state index contributed by atoms with van der Waals surface area (Å²) in [5.41, 5.74) is 4.05. The summed E-state index contributed by atoms with van der Waals surface area (Å²) in [6.45, 7) is 11.6. The first-order valence-corrected chi connectivity index (χ1v) is 10.3. The van der Waals surface area contributed by atoms with Crippen molar-refractivity contribution < 1.29 is 9.59 Å². The van der Waals surface area contributed by atoms with Crippen LogP contribution in [0.4, 0.5) is 16.2 Å². The number of fused-ring (bicyclic) bond motifs is 2. The number of aromatic nitrogens is 4. The van der Waals surface area contributed by atoms with E-state index in [1.165, 1.54) is 0 Å². The van der Waals surface area contributed by atoms with Crippen molar-refractivity contribution in [3.05, 3.63) is 23.9 Å². The summed E-state index contributed by atoms with van der Waals surface area (Å²) in [5, 5.41) is 9.90. The molecule has 1 aromatic carbocycles. The third-order valence-electron chi connectivity index (χ3n) is 5.83. The maximum Gasteiger partial charge on any atom is 0.321 e. The number of urea groups is 1. The summed E-state index contributed by atoms with van der Waals surface area (Å²) in [4.78, 5) is 36.7. The van der Waals surface area contributed by atoms with E-state index in [1.807, 2.05) is 46.8 Å². The Morgan fingerprint density at radius 1 is 1.23 bits per heavy atom. The lowest BCUT2D eigenvalue weighted by molar-refractivity contribution is -0.122. The topological polar surface area (TPSA) is 110 Å². The fourth-order valence-corrected chi connectivity index (χ4v) is 4.03. The maximum atomic E-state index is 12.8. The predicted octanol–water partition coefficient (Wildman–Crippen LogP) is 3.47. The molecule has 0 atom stereocenters. The summed E-state index contributed by atoms with van der Waals surface area (Å²) in [6, 6.07) is 3.77. The molecule has 9 heteroatoms. The van der Waals surface area contributed by atoms with Crippen LogP contribution in [0.25, 0.3) is 22.6 Å². The zero-order valence-electron chi connectivity index (χ0n) is 18.0. The number of carbonyl (C=O) groups is 2. The van der Waals surface area contributed by atoms with Crippen molar-refractivity contribution in [1.29, 1.82) is 0 Å². The molecule has 0 fully saturated rings. The Morgan fingerprint density at radius 3 is 2.63 bits per heavy atom. The number of H-pyrrole nitrogens is 2. The number of anilines is 2. The quantitative estimate of drug-likeness (QED) is 0.599. The molecule has 4 rings (SSSR count). The molecule has 2 aromatic heterocycles. The zero-order chi connectivity index (χ0) is 21.6. The summed E-state index contributed by atoms with van der Waals surface area (Å²) in [6.07, 6.45) is 1.57. The molecule has 30 heavy (non-hydrogen) atoms. The van der Waals surface area contributed by atoms with Gasteiger partial charge in [-0.1, -0.05) is 0 Å². The number of hydrogen-bond acceptors (Lipinski definition) is 4. The molecule has 0 saturated carbocycles. The van der Waals surface area contributed by atoms with Crippen LogP contribution >= 0.6 is 0 Å². The van der Waals surface area contributed by atoms with Gasteiger partial charge in [-0.05, 0) is 52.3 Å². The van der Waals surface area contributed by atoms with Gasteiger partial charge in [0.2, 0.25) is 5.91 Å². The molecule has 0 saturated heterocycles. The summed E-state index contributed by atoms with van der Waals surface area (Å²) in [5.74, 6) is 0.677. The predicted molar refractivity (Wildman–Crippen MR) is 117 cm³/mol. The lowest BCUT2D eigenvalue weighted by Crippen LogP contribution is -2.35. The molecule has 158 valence electrons. The summed E-state index contributed by atoms with van der Waals surface area (Å²) >= 11 is 0. The first-order valence-electron chi connectivity index (χ1n) is 10.3. The normalized spacial score (nSPS) is 15.0. The molecular weight excluding hydrogens is 382 g/mol. The Kier molecular flexibility index (Phi) is 4.76. The van der Waals surface area contributed by atoms with E-state index in [1.54, 1.807) is 16.0 Å². The Bertz CT molecular complexity index is 1120. The van der Waals surface area contributed by atoms with Gasteiger partial charge < -0.3 is 20.1 Å². The van der Waals surface area contributed by atoms with Crippen LogP contribution in [0.15, 0.2) is 18.3 Å². The van der Waals surface area contributed by atoms with E-state index in [4.69, 9.17) is 4.98 Å². The third kappa shape index (κ3) is 2.92. The highest BCUT2D eigenvalue weighted by Gasteiger charge is 2.43. The molecule has 3 N–H and O–H groups in total. The van der Waals surface area contributed by atoms with Crippen LogP contribution < -0.4 is 10.2 Å². The zero-order valence-corrected chi connectivity index (χ0v) is 18.0. The van der Waals surface area contributed by atoms with Gasteiger partial charge in [-0.2, -0.15) is 5.10 Å². The number of hydrogen-bond donors (Lipinski definition) is 3. The standard InChI is InChI=1S/C21H27N7O2/c1-6-27(7-2)20(30)25-15-11-22-26-17(15)18-23-13-9-12-16(10-14(13)24-18)28(8-3)19(29)21(12,4)5/h9-11H,6-8H2,1-5H3,(H,22,26)(H,23,24)(H,25,30). The number of rotatable bonds is 5. The highest BCUT2D eigenvalue weighted by molar-refractivity contribution is 6.09.